The Balaban J connectivity index is 2.10. The number of hydrogen-bond donors (Lipinski definition) is 4. The van der Waals surface area contributed by atoms with Gasteiger partial charge in [0.15, 0.2) is 6.61 Å². The van der Waals surface area contributed by atoms with Crippen LogP contribution in [0.25, 0.3) is 0 Å². The number of halogens is 2. The molecule has 8 heteroatoms. The van der Waals surface area contributed by atoms with E-state index in [0.717, 1.165) is 21.2 Å². The number of nitrogens with one attached hydrogen (secondary N) is 1. The molecule has 0 aliphatic carbocycles. The molecule has 6 nitrogen and oxygen atoms in total. The van der Waals surface area contributed by atoms with Crippen LogP contribution in [0.1, 0.15) is 36.5 Å². The summed E-state index contributed by atoms with van der Waals surface area (Å²) in [7, 11) is 0. The van der Waals surface area contributed by atoms with Gasteiger partial charge in [-0.25, -0.2) is 0 Å². The molecule has 158 valence electrons. The van der Waals surface area contributed by atoms with Gasteiger partial charge in [-0.15, -0.1) is 0 Å². The first-order chi connectivity index (χ1) is 13.7. The number of aliphatic hydroxyl groups excluding tert-OH is 2. The molecule has 0 heterocycles. The van der Waals surface area contributed by atoms with Crippen molar-refractivity contribution >= 4 is 33.4 Å². The van der Waals surface area contributed by atoms with E-state index in [9.17, 15) is 9.90 Å². The molecule has 0 saturated heterocycles. The van der Waals surface area contributed by atoms with Crippen molar-refractivity contribution in [3.63, 3.8) is 0 Å². The summed E-state index contributed by atoms with van der Waals surface area (Å²) < 4.78 is 6.21. The normalized spacial score (nSPS) is 11.2. The van der Waals surface area contributed by atoms with Gasteiger partial charge in [-0.05, 0) is 40.8 Å². The second kappa shape index (κ2) is 10.8. The molecule has 0 aliphatic rings. The van der Waals surface area contributed by atoms with Gasteiger partial charge in [-0.1, -0.05) is 53.5 Å². The van der Waals surface area contributed by atoms with E-state index in [1.165, 1.54) is 0 Å². The van der Waals surface area contributed by atoms with Gasteiger partial charge in [0.1, 0.15) is 11.5 Å². The third kappa shape index (κ3) is 6.60. The molecule has 0 aliphatic heterocycles. The number of amides is 1. The number of phenols is 1. The quantitative estimate of drug-likeness (QED) is 0.436. The monoisotopic (exact) mass is 485 g/mol. The van der Waals surface area contributed by atoms with Crippen molar-refractivity contribution in [1.29, 1.82) is 0 Å². The van der Waals surface area contributed by atoms with E-state index < -0.39 is 11.9 Å². The van der Waals surface area contributed by atoms with Gasteiger partial charge in [0.2, 0.25) is 0 Å². The van der Waals surface area contributed by atoms with Crippen LogP contribution in [0.15, 0.2) is 34.8 Å². The summed E-state index contributed by atoms with van der Waals surface area (Å²) in [5.41, 5.74) is 2.76. The molecule has 0 atom stereocenters. The molecule has 0 spiro atoms. The Morgan fingerprint density at radius 2 is 1.90 bits per heavy atom. The topological polar surface area (TPSA) is 99.0 Å². The number of benzene rings is 2. The van der Waals surface area contributed by atoms with E-state index in [-0.39, 0.29) is 31.5 Å². The third-order valence-corrected chi connectivity index (χ3v) is 5.43. The van der Waals surface area contributed by atoms with Crippen LogP contribution in [0.5, 0.6) is 11.5 Å². The average Bonchev–Trinajstić information content (AvgIpc) is 2.68. The largest absolute Gasteiger partial charge is 0.508 e. The lowest BCUT2D eigenvalue weighted by molar-refractivity contribution is -0.124. The van der Waals surface area contributed by atoms with Crippen LogP contribution in [-0.4, -0.2) is 47.1 Å². The molecule has 4 N–H and O–H groups in total. The number of phenolic OH excluding ortho intramolecular Hbond substituents is 1. The Labute approximate surface area is 183 Å². The summed E-state index contributed by atoms with van der Waals surface area (Å²) in [4.78, 5) is 11.8. The molecule has 1 amide bonds. The summed E-state index contributed by atoms with van der Waals surface area (Å²) in [5.74, 6) is 0.436. The smallest absolute Gasteiger partial charge is 0.258 e. The molecule has 2 aromatic rings. The second-order valence-electron chi connectivity index (χ2n) is 7.01. The van der Waals surface area contributed by atoms with E-state index in [1.54, 1.807) is 18.2 Å². The fraction of sp³-hybridized carbons (Fsp3) is 0.381. The number of ether oxygens (including phenoxy) is 1. The highest BCUT2D eigenvalue weighted by Gasteiger charge is 2.14. The van der Waals surface area contributed by atoms with Gasteiger partial charge >= 0.3 is 0 Å². The first kappa shape index (κ1) is 23.5. The second-order valence-corrected chi connectivity index (χ2v) is 8.27. The Hall–Kier alpha value is -1.80. The summed E-state index contributed by atoms with van der Waals surface area (Å²) in [6.07, 6.45) is 0.564. The highest BCUT2D eigenvalue weighted by atomic mass is 79.9. The van der Waals surface area contributed by atoms with Crippen molar-refractivity contribution in [3.05, 3.63) is 56.5 Å². The van der Waals surface area contributed by atoms with E-state index in [1.807, 2.05) is 26.0 Å². The highest BCUT2D eigenvalue weighted by molar-refractivity contribution is 9.10. The number of rotatable bonds is 9. The van der Waals surface area contributed by atoms with Gasteiger partial charge in [0.05, 0.1) is 19.3 Å². The lowest BCUT2D eigenvalue weighted by atomic mass is 9.96. The summed E-state index contributed by atoms with van der Waals surface area (Å²) in [6.45, 7) is 3.06. The predicted molar refractivity (Wildman–Crippen MR) is 116 cm³/mol. The van der Waals surface area contributed by atoms with Crippen LogP contribution >= 0.6 is 27.5 Å². The van der Waals surface area contributed by atoms with E-state index in [0.29, 0.717) is 17.2 Å². The number of carbonyl (C=O) groups excluding carboxylic acids is 1. The summed E-state index contributed by atoms with van der Waals surface area (Å²) >= 11 is 9.94. The van der Waals surface area contributed by atoms with Crippen molar-refractivity contribution in [2.45, 2.75) is 32.2 Å². The summed E-state index contributed by atoms with van der Waals surface area (Å²) in [5, 5.41) is 30.9. The molecule has 29 heavy (non-hydrogen) atoms. The van der Waals surface area contributed by atoms with E-state index >= 15 is 0 Å². The van der Waals surface area contributed by atoms with Gasteiger partial charge in [-0.2, -0.15) is 0 Å². The molecule has 0 unspecified atom stereocenters. The predicted octanol–water partition coefficient (Wildman–Crippen LogP) is 3.37. The Kier molecular flexibility index (Phi) is 8.77. The number of hydrogen-bond acceptors (Lipinski definition) is 5. The first-order valence-corrected chi connectivity index (χ1v) is 10.4. The molecule has 0 fully saturated rings. The zero-order valence-electron chi connectivity index (χ0n) is 16.3. The average molecular weight is 487 g/mol. The minimum Gasteiger partial charge on any atom is -0.508 e. The minimum atomic E-state index is -0.718. The maximum absolute atomic E-state index is 11.8. The van der Waals surface area contributed by atoms with Gasteiger partial charge < -0.3 is 25.4 Å². The fourth-order valence-electron chi connectivity index (χ4n) is 2.78. The Morgan fingerprint density at radius 3 is 2.48 bits per heavy atom. The third-order valence-electron chi connectivity index (χ3n) is 4.39. The summed E-state index contributed by atoms with van der Waals surface area (Å²) in [6, 6.07) is 8.16. The van der Waals surface area contributed by atoms with Gasteiger partial charge in [-0.3, -0.25) is 4.79 Å². The molecule has 0 aromatic heterocycles. The number of carbonyl (C=O) groups is 1. The number of aliphatic hydroxyl groups is 2. The van der Waals surface area contributed by atoms with Crippen molar-refractivity contribution in [2.24, 2.45) is 0 Å². The maximum atomic E-state index is 11.8. The molecular formula is C21H25BrClNO5. The Morgan fingerprint density at radius 1 is 1.21 bits per heavy atom. The highest BCUT2D eigenvalue weighted by Crippen LogP contribution is 2.34. The van der Waals surface area contributed by atoms with Crippen molar-refractivity contribution in [3.8, 4) is 11.5 Å². The molecular weight excluding hydrogens is 462 g/mol. The zero-order valence-corrected chi connectivity index (χ0v) is 18.6. The number of aromatic hydroxyl groups is 1. The van der Waals surface area contributed by atoms with Crippen molar-refractivity contribution in [2.75, 3.05) is 19.8 Å². The SMILES string of the molecule is CC(C)c1cc(Cc2c(Cl)cc(OCC(=O)NC(CO)CO)cc2Br)ccc1O. The standard InChI is InChI=1S/C21H25BrClNO5/c1-12(2)16-5-13(3-4-20(16)27)6-17-18(22)7-15(8-19(17)23)29-11-21(28)24-14(9-25)10-26/h3-5,7-8,12,14,25-27H,6,9-11H2,1-2H3,(H,24,28). The van der Waals surface area contributed by atoms with Gasteiger partial charge in [0.25, 0.3) is 5.91 Å². The molecule has 2 aromatic carbocycles. The van der Waals surface area contributed by atoms with Crippen molar-refractivity contribution in [1.82, 2.24) is 5.32 Å². The Bertz CT molecular complexity index is 832. The van der Waals surface area contributed by atoms with Crippen LogP contribution in [0.3, 0.4) is 0 Å². The van der Waals surface area contributed by atoms with Gasteiger partial charge in [0, 0.05) is 15.9 Å². The van der Waals surface area contributed by atoms with Crippen molar-refractivity contribution < 1.29 is 24.9 Å². The molecule has 0 radical (unpaired) electrons. The van der Waals surface area contributed by atoms with E-state index in [2.05, 4.69) is 21.2 Å². The van der Waals surface area contributed by atoms with Crippen LogP contribution in [0.4, 0.5) is 0 Å². The van der Waals surface area contributed by atoms with E-state index in [4.69, 9.17) is 26.6 Å². The van der Waals surface area contributed by atoms with Crippen LogP contribution < -0.4 is 10.1 Å². The lowest BCUT2D eigenvalue weighted by Crippen LogP contribution is -2.42. The fourth-order valence-corrected chi connectivity index (χ4v) is 3.75. The van der Waals surface area contributed by atoms with Crippen LogP contribution in [0.2, 0.25) is 5.02 Å². The minimum absolute atomic E-state index is 0.201. The first-order valence-electron chi connectivity index (χ1n) is 9.18. The maximum Gasteiger partial charge on any atom is 0.258 e. The molecule has 0 saturated carbocycles. The molecule has 2 rings (SSSR count). The lowest BCUT2D eigenvalue weighted by Gasteiger charge is -2.15. The van der Waals surface area contributed by atoms with Crippen LogP contribution in [0, 0.1) is 0 Å². The molecule has 0 bridgehead atoms. The van der Waals surface area contributed by atoms with Crippen LogP contribution in [-0.2, 0) is 11.2 Å². The zero-order chi connectivity index (χ0) is 21.6.